The molecule has 0 aliphatic rings. The van der Waals surface area contributed by atoms with E-state index in [1.54, 1.807) is 12.1 Å². The highest BCUT2D eigenvalue weighted by molar-refractivity contribution is 7.18. The SMILES string of the molecule is CC(=O)Nc1cc(NCCOCCOCCOCCN)ccc1C(=O)Nc1ncc([N+](=O)[O-])s1. The van der Waals surface area contributed by atoms with E-state index in [2.05, 4.69) is 20.9 Å². The molecule has 5 N–H and O–H groups in total. The molecule has 0 aliphatic heterocycles. The lowest BCUT2D eigenvalue weighted by atomic mass is 10.1. The lowest BCUT2D eigenvalue weighted by Gasteiger charge is -2.13. The molecule has 186 valence electrons. The smallest absolute Gasteiger partial charge is 0.345 e. The Balaban J connectivity index is 1.82. The van der Waals surface area contributed by atoms with E-state index < -0.39 is 10.8 Å². The van der Waals surface area contributed by atoms with Crippen molar-refractivity contribution in [2.45, 2.75) is 6.92 Å². The van der Waals surface area contributed by atoms with Gasteiger partial charge in [-0.25, -0.2) is 4.98 Å². The number of nitrogens with two attached hydrogens (primary N) is 1. The summed E-state index contributed by atoms with van der Waals surface area (Å²) in [6.07, 6.45) is 1.06. The highest BCUT2D eigenvalue weighted by Gasteiger charge is 2.17. The number of anilines is 3. The van der Waals surface area contributed by atoms with Crippen molar-refractivity contribution in [3.63, 3.8) is 0 Å². The summed E-state index contributed by atoms with van der Waals surface area (Å²) < 4.78 is 16.0. The molecule has 0 radical (unpaired) electrons. The Morgan fingerprint density at radius 1 is 1.09 bits per heavy atom. The Bertz CT molecular complexity index is 955. The topological polar surface area (TPSA) is 180 Å². The van der Waals surface area contributed by atoms with Crippen LogP contribution in [0.25, 0.3) is 0 Å². The van der Waals surface area contributed by atoms with Crippen LogP contribution >= 0.6 is 11.3 Å². The number of aromatic nitrogens is 1. The summed E-state index contributed by atoms with van der Waals surface area (Å²) in [5, 5.41) is 18.9. The van der Waals surface area contributed by atoms with E-state index in [1.165, 1.54) is 13.0 Å². The number of carbonyl (C=O) groups excluding carboxylic acids is 2. The molecule has 14 heteroatoms. The Morgan fingerprint density at radius 3 is 2.38 bits per heavy atom. The fourth-order valence-corrected chi connectivity index (χ4v) is 3.24. The van der Waals surface area contributed by atoms with E-state index in [9.17, 15) is 19.7 Å². The number of hydrogen-bond acceptors (Lipinski definition) is 11. The van der Waals surface area contributed by atoms with Gasteiger partial charge in [0.15, 0.2) is 5.13 Å². The zero-order chi connectivity index (χ0) is 24.8. The summed E-state index contributed by atoms with van der Waals surface area (Å²) in [4.78, 5) is 38.2. The second-order valence-electron chi connectivity index (χ2n) is 6.71. The third-order valence-corrected chi connectivity index (χ3v) is 4.91. The van der Waals surface area contributed by atoms with Gasteiger partial charge in [0.2, 0.25) is 5.91 Å². The van der Waals surface area contributed by atoms with Crippen LogP contribution < -0.4 is 21.7 Å². The minimum absolute atomic E-state index is 0.0805. The maximum atomic E-state index is 12.6. The molecule has 2 aromatic rings. The number of benzene rings is 1. The molecule has 1 aromatic carbocycles. The third kappa shape index (κ3) is 9.76. The maximum Gasteiger partial charge on any atom is 0.345 e. The molecule has 2 amide bonds. The van der Waals surface area contributed by atoms with E-state index in [0.29, 0.717) is 58.4 Å². The normalized spacial score (nSPS) is 10.6. The van der Waals surface area contributed by atoms with Crippen molar-refractivity contribution >= 4 is 44.7 Å². The molecule has 0 saturated heterocycles. The van der Waals surface area contributed by atoms with Crippen molar-refractivity contribution in [2.24, 2.45) is 5.73 Å². The number of carbonyl (C=O) groups is 2. The zero-order valence-electron chi connectivity index (χ0n) is 18.7. The molecule has 0 saturated carbocycles. The average molecular weight is 497 g/mol. The maximum absolute atomic E-state index is 12.6. The van der Waals surface area contributed by atoms with Crippen LogP contribution in [0.3, 0.4) is 0 Å². The summed E-state index contributed by atoms with van der Waals surface area (Å²) in [7, 11) is 0. The van der Waals surface area contributed by atoms with Gasteiger partial charge in [-0.05, 0) is 29.5 Å². The van der Waals surface area contributed by atoms with E-state index in [-0.39, 0.29) is 27.3 Å². The molecule has 1 aromatic heterocycles. The molecule has 0 atom stereocenters. The van der Waals surface area contributed by atoms with Crippen LogP contribution in [0.1, 0.15) is 17.3 Å². The Labute approximate surface area is 200 Å². The molecule has 0 spiro atoms. The number of hydrogen-bond donors (Lipinski definition) is 4. The van der Waals surface area contributed by atoms with Gasteiger partial charge in [0.05, 0.1) is 55.8 Å². The van der Waals surface area contributed by atoms with Gasteiger partial charge in [0.1, 0.15) is 6.20 Å². The first-order valence-electron chi connectivity index (χ1n) is 10.4. The van der Waals surface area contributed by atoms with Crippen molar-refractivity contribution in [3.05, 3.63) is 40.1 Å². The first kappa shape index (κ1) is 27.1. The van der Waals surface area contributed by atoms with Gasteiger partial charge >= 0.3 is 5.00 Å². The van der Waals surface area contributed by atoms with Gasteiger partial charge in [-0.3, -0.25) is 25.0 Å². The highest BCUT2D eigenvalue weighted by atomic mass is 32.1. The molecule has 0 aliphatic carbocycles. The second-order valence-corrected chi connectivity index (χ2v) is 7.72. The number of nitrogens with one attached hydrogen (secondary N) is 3. The Hall–Kier alpha value is -3.17. The Morgan fingerprint density at radius 2 is 1.76 bits per heavy atom. The summed E-state index contributed by atoms with van der Waals surface area (Å²) in [6.45, 7) is 5.09. The van der Waals surface area contributed by atoms with Crippen LogP contribution in [0.4, 0.5) is 21.5 Å². The molecule has 34 heavy (non-hydrogen) atoms. The van der Waals surface area contributed by atoms with Crippen molar-refractivity contribution in [2.75, 3.05) is 68.7 Å². The number of nitro groups is 1. The van der Waals surface area contributed by atoms with Gasteiger partial charge in [0, 0.05) is 25.7 Å². The van der Waals surface area contributed by atoms with Crippen molar-refractivity contribution in [1.29, 1.82) is 0 Å². The standard InChI is InChI=1S/C20H28N6O7S/c1-14(27)24-17-12-15(22-5-7-32-9-11-33-10-8-31-6-4-21)2-3-16(17)19(28)25-20-23-13-18(34-20)26(29)30/h2-3,12-13,22H,4-11,21H2,1H3,(H,24,27)(H,23,25,28). The van der Waals surface area contributed by atoms with Crippen LogP contribution in [0.5, 0.6) is 0 Å². The van der Waals surface area contributed by atoms with Gasteiger partial charge in [-0.1, -0.05) is 0 Å². The summed E-state index contributed by atoms with van der Waals surface area (Å²) >= 11 is 0.736. The lowest BCUT2D eigenvalue weighted by Crippen LogP contribution is -2.17. The summed E-state index contributed by atoms with van der Waals surface area (Å²) in [6, 6.07) is 4.83. The van der Waals surface area contributed by atoms with Crippen molar-refractivity contribution in [3.8, 4) is 0 Å². The molecular weight excluding hydrogens is 468 g/mol. The molecule has 2 rings (SSSR count). The fraction of sp³-hybridized carbons (Fsp3) is 0.450. The van der Waals surface area contributed by atoms with E-state index in [0.717, 1.165) is 17.5 Å². The highest BCUT2D eigenvalue weighted by Crippen LogP contribution is 2.27. The van der Waals surface area contributed by atoms with E-state index in [4.69, 9.17) is 19.9 Å². The second kappa shape index (κ2) is 14.9. The van der Waals surface area contributed by atoms with Gasteiger partial charge in [-0.15, -0.1) is 0 Å². The molecule has 0 fully saturated rings. The van der Waals surface area contributed by atoms with Crippen molar-refractivity contribution < 1.29 is 28.7 Å². The van der Waals surface area contributed by atoms with E-state index in [1.807, 2.05) is 0 Å². The molecular formula is C20H28N6O7S. The van der Waals surface area contributed by atoms with Gasteiger partial charge in [0.25, 0.3) is 5.91 Å². The average Bonchev–Trinajstić information content (AvgIpc) is 3.26. The third-order valence-electron chi connectivity index (χ3n) is 4.05. The number of ether oxygens (including phenoxy) is 3. The minimum atomic E-state index is -0.590. The van der Waals surface area contributed by atoms with Gasteiger partial charge in [-0.2, -0.15) is 0 Å². The largest absolute Gasteiger partial charge is 0.383 e. The van der Waals surface area contributed by atoms with Gasteiger partial charge < -0.3 is 30.6 Å². The predicted molar refractivity (Wildman–Crippen MR) is 127 cm³/mol. The van der Waals surface area contributed by atoms with Crippen LogP contribution in [-0.2, 0) is 19.0 Å². The van der Waals surface area contributed by atoms with Crippen LogP contribution in [0.15, 0.2) is 24.4 Å². The number of nitrogens with zero attached hydrogens (tertiary/aromatic N) is 2. The van der Waals surface area contributed by atoms with Crippen LogP contribution in [0.2, 0.25) is 0 Å². The molecule has 1 heterocycles. The van der Waals surface area contributed by atoms with Crippen LogP contribution in [0, 0.1) is 10.1 Å². The first-order chi connectivity index (χ1) is 16.4. The number of thiazole rings is 1. The number of rotatable bonds is 16. The van der Waals surface area contributed by atoms with Crippen LogP contribution in [-0.4, -0.2) is 74.5 Å². The lowest BCUT2D eigenvalue weighted by molar-refractivity contribution is -0.380. The fourth-order valence-electron chi connectivity index (χ4n) is 2.61. The molecule has 13 nitrogen and oxygen atoms in total. The molecule has 0 bridgehead atoms. The van der Waals surface area contributed by atoms with E-state index >= 15 is 0 Å². The summed E-state index contributed by atoms with van der Waals surface area (Å²) in [5.74, 6) is -0.913. The Kier molecular flexibility index (Phi) is 11.8. The quantitative estimate of drug-likeness (QED) is 0.152. The number of amides is 2. The summed E-state index contributed by atoms with van der Waals surface area (Å²) in [5.41, 5.74) is 6.45. The van der Waals surface area contributed by atoms with Crippen molar-refractivity contribution in [1.82, 2.24) is 4.98 Å². The monoisotopic (exact) mass is 496 g/mol. The minimum Gasteiger partial charge on any atom is -0.383 e. The zero-order valence-corrected chi connectivity index (χ0v) is 19.5. The first-order valence-corrected chi connectivity index (χ1v) is 11.2. The predicted octanol–water partition coefficient (Wildman–Crippen LogP) is 1.68. The molecule has 0 unspecified atom stereocenters.